The zero-order valence-corrected chi connectivity index (χ0v) is 8.15. The Morgan fingerprint density at radius 1 is 1.36 bits per heavy atom. The molecule has 0 aliphatic heterocycles. The van der Waals surface area contributed by atoms with Gasteiger partial charge in [0.1, 0.15) is 0 Å². The number of rotatable bonds is 3. The second-order valence-corrected chi connectivity index (χ2v) is 3.17. The van der Waals surface area contributed by atoms with Gasteiger partial charge in [-0.15, -0.1) is 0 Å². The number of nitro groups is 1. The van der Waals surface area contributed by atoms with Crippen molar-refractivity contribution in [2.45, 2.75) is 13.8 Å². The van der Waals surface area contributed by atoms with Crippen molar-refractivity contribution < 1.29 is 4.92 Å². The predicted octanol–water partition coefficient (Wildman–Crippen LogP) is 2.93. The van der Waals surface area contributed by atoms with Gasteiger partial charge in [-0.05, 0) is 32.2 Å². The predicted molar refractivity (Wildman–Crippen MR) is 56.2 cm³/mol. The quantitative estimate of drug-likeness (QED) is 0.591. The molecule has 0 heterocycles. The van der Waals surface area contributed by atoms with Crippen LogP contribution in [0.2, 0.25) is 0 Å². The molecule has 1 N–H and O–H groups in total. The number of anilines is 1. The zero-order valence-electron chi connectivity index (χ0n) is 8.15. The summed E-state index contributed by atoms with van der Waals surface area (Å²) in [5.74, 6) is 0. The largest absolute Gasteiger partial charge is 0.362 e. The average molecular weight is 192 g/mol. The van der Waals surface area contributed by atoms with E-state index in [-0.39, 0.29) is 5.69 Å². The van der Waals surface area contributed by atoms with Crippen molar-refractivity contribution in [3.63, 3.8) is 0 Å². The average Bonchev–Trinajstić information content (AvgIpc) is 2.15. The van der Waals surface area contributed by atoms with Gasteiger partial charge in [0.2, 0.25) is 0 Å². The van der Waals surface area contributed by atoms with E-state index < -0.39 is 4.92 Å². The summed E-state index contributed by atoms with van der Waals surface area (Å²) in [6, 6.07) is 6.30. The maximum atomic E-state index is 10.4. The fraction of sp³-hybridized carbons (Fsp3) is 0.200. The fourth-order valence-electron chi connectivity index (χ4n) is 0.907. The molecule has 1 rings (SSSR count). The Bertz CT molecular complexity index is 351. The monoisotopic (exact) mass is 192 g/mol. The third kappa shape index (κ3) is 2.90. The van der Waals surface area contributed by atoms with E-state index in [1.165, 1.54) is 12.1 Å². The topological polar surface area (TPSA) is 55.2 Å². The molecular weight excluding hydrogens is 180 g/mol. The highest BCUT2D eigenvalue weighted by molar-refractivity contribution is 5.50. The van der Waals surface area contributed by atoms with Gasteiger partial charge in [-0.2, -0.15) is 0 Å². The maximum absolute atomic E-state index is 10.4. The number of allylic oxidation sites excluding steroid dienone is 1. The van der Waals surface area contributed by atoms with Crippen molar-refractivity contribution >= 4 is 11.4 Å². The van der Waals surface area contributed by atoms with E-state index in [9.17, 15) is 10.1 Å². The summed E-state index contributed by atoms with van der Waals surface area (Å²) in [6.45, 7) is 3.94. The summed E-state index contributed by atoms with van der Waals surface area (Å²) in [4.78, 5) is 9.94. The molecule has 0 saturated carbocycles. The van der Waals surface area contributed by atoms with Crippen LogP contribution in [0.3, 0.4) is 0 Å². The molecule has 14 heavy (non-hydrogen) atoms. The SMILES string of the molecule is CC(C)=CNc1ccc([N+](=O)[O-])cc1. The van der Waals surface area contributed by atoms with Crippen molar-refractivity contribution in [3.05, 3.63) is 46.2 Å². The van der Waals surface area contributed by atoms with Gasteiger partial charge < -0.3 is 5.32 Å². The van der Waals surface area contributed by atoms with Crippen LogP contribution in [0, 0.1) is 10.1 Å². The molecule has 0 unspecified atom stereocenters. The van der Waals surface area contributed by atoms with Crippen LogP contribution in [0.5, 0.6) is 0 Å². The normalized spacial score (nSPS) is 9.29. The van der Waals surface area contributed by atoms with Gasteiger partial charge in [0.15, 0.2) is 0 Å². The summed E-state index contributed by atoms with van der Waals surface area (Å²) >= 11 is 0. The summed E-state index contributed by atoms with van der Waals surface area (Å²) in [5, 5.41) is 13.4. The van der Waals surface area contributed by atoms with Crippen molar-refractivity contribution in [2.24, 2.45) is 0 Å². The van der Waals surface area contributed by atoms with Crippen LogP contribution in [0.15, 0.2) is 36.0 Å². The van der Waals surface area contributed by atoms with E-state index >= 15 is 0 Å². The Labute approximate surface area is 82.4 Å². The molecule has 0 bridgehead atoms. The van der Waals surface area contributed by atoms with E-state index in [1.807, 2.05) is 20.0 Å². The Balaban J connectivity index is 2.74. The summed E-state index contributed by atoms with van der Waals surface area (Å²) < 4.78 is 0. The Hall–Kier alpha value is -1.84. The smallest absolute Gasteiger partial charge is 0.269 e. The molecule has 0 fully saturated rings. The van der Waals surface area contributed by atoms with Gasteiger partial charge in [-0.3, -0.25) is 10.1 Å². The summed E-state index contributed by atoms with van der Waals surface area (Å²) in [5.41, 5.74) is 2.09. The molecule has 0 aliphatic carbocycles. The number of benzene rings is 1. The van der Waals surface area contributed by atoms with Crippen molar-refractivity contribution in [1.82, 2.24) is 0 Å². The van der Waals surface area contributed by atoms with Gasteiger partial charge in [0.25, 0.3) is 5.69 Å². The molecular formula is C10H12N2O2. The highest BCUT2D eigenvalue weighted by atomic mass is 16.6. The zero-order chi connectivity index (χ0) is 10.6. The van der Waals surface area contributed by atoms with Crippen LogP contribution in [-0.2, 0) is 0 Å². The second-order valence-electron chi connectivity index (χ2n) is 3.17. The minimum Gasteiger partial charge on any atom is -0.362 e. The molecule has 0 aromatic heterocycles. The molecule has 1 aromatic carbocycles. The molecule has 4 heteroatoms. The number of hydrogen-bond acceptors (Lipinski definition) is 3. The number of hydrogen-bond donors (Lipinski definition) is 1. The molecule has 0 spiro atoms. The number of nitrogens with zero attached hydrogens (tertiary/aromatic N) is 1. The molecule has 0 saturated heterocycles. The van der Waals surface area contributed by atoms with Gasteiger partial charge in [0.05, 0.1) is 4.92 Å². The Kier molecular flexibility index (Phi) is 3.23. The van der Waals surface area contributed by atoms with Crippen molar-refractivity contribution in [1.29, 1.82) is 0 Å². The van der Waals surface area contributed by atoms with E-state index in [0.717, 1.165) is 11.3 Å². The van der Waals surface area contributed by atoms with Crippen molar-refractivity contribution in [2.75, 3.05) is 5.32 Å². The van der Waals surface area contributed by atoms with E-state index in [1.54, 1.807) is 12.1 Å². The molecule has 0 radical (unpaired) electrons. The van der Waals surface area contributed by atoms with Crippen LogP contribution in [0.4, 0.5) is 11.4 Å². The molecule has 74 valence electrons. The van der Waals surface area contributed by atoms with Crippen molar-refractivity contribution in [3.8, 4) is 0 Å². The van der Waals surface area contributed by atoms with E-state index in [2.05, 4.69) is 5.32 Å². The standard InChI is InChI=1S/C10H12N2O2/c1-8(2)7-11-9-3-5-10(6-4-9)12(13)14/h3-7,11H,1-2H3. The molecule has 0 aliphatic rings. The fourth-order valence-corrected chi connectivity index (χ4v) is 0.907. The third-order valence-corrected chi connectivity index (χ3v) is 1.61. The van der Waals surface area contributed by atoms with E-state index in [4.69, 9.17) is 0 Å². The van der Waals surface area contributed by atoms with Gasteiger partial charge in [-0.25, -0.2) is 0 Å². The maximum Gasteiger partial charge on any atom is 0.269 e. The number of nitro benzene ring substituents is 1. The molecule has 0 atom stereocenters. The van der Waals surface area contributed by atoms with Gasteiger partial charge in [0, 0.05) is 17.8 Å². The van der Waals surface area contributed by atoms with E-state index in [0.29, 0.717) is 0 Å². The lowest BCUT2D eigenvalue weighted by Gasteiger charge is -2.00. The first-order valence-electron chi connectivity index (χ1n) is 4.24. The first-order chi connectivity index (χ1) is 6.59. The third-order valence-electron chi connectivity index (χ3n) is 1.61. The lowest BCUT2D eigenvalue weighted by molar-refractivity contribution is -0.384. The highest BCUT2D eigenvalue weighted by Crippen LogP contribution is 2.15. The Morgan fingerprint density at radius 3 is 2.36 bits per heavy atom. The van der Waals surface area contributed by atoms with Gasteiger partial charge in [-0.1, -0.05) is 5.57 Å². The minimum atomic E-state index is -0.412. The molecule has 4 nitrogen and oxygen atoms in total. The highest BCUT2D eigenvalue weighted by Gasteiger charge is 2.02. The van der Waals surface area contributed by atoms with Crippen LogP contribution >= 0.6 is 0 Å². The van der Waals surface area contributed by atoms with Crippen LogP contribution in [-0.4, -0.2) is 4.92 Å². The number of non-ortho nitro benzene ring substituents is 1. The second kappa shape index (κ2) is 4.41. The Morgan fingerprint density at radius 2 is 1.93 bits per heavy atom. The number of nitrogens with one attached hydrogen (secondary N) is 1. The summed E-state index contributed by atoms with van der Waals surface area (Å²) in [7, 11) is 0. The first kappa shape index (κ1) is 10.2. The van der Waals surface area contributed by atoms with Gasteiger partial charge >= 0.3 is 0 Å². The van der Waals surface area contributed by atoms with Crippen LogP contribution in [0.1, 0.15) is 13.8 Å². The van der Waals surface area contributed by atoms with Crippen LogP contribution in [0.25, 0.3) is 0 Å². The first-order valence-corrected chi connectivity index (χ1v) is 4.24. The lowest BCUT2D eigenvalue weighted by atomic mass is 10.3. The van der Waals surface area contributed by atoms with Crippen LogP contribution < -0.4 is 5.32 Å². The lowest BCUT2D eigenvalue weighted by Crippen LogP contribution is -1.90. The summed E-state index contributed by atoms with van der Waals surface area (Å²) in [6.07, 6.45) is 1.85. The molecule has 1 aromatic rings. The molecule has 0 amide bonds. The minimum absolute atomic E-state index is 0.104.